The van der Waals surface area contributed by atoms with Crippen LogP contribution in [0.4, 0.5) is 0 Å². The van der Waals surface area contributed by atoms with Crippen molar-refractivity contribution in [2.24, 2.45) is 4.99 Å². The van der Waals surface area contributed by atoms with E-state index < -0.39 is 0 Å². The number of aliphatic imine (C=N–C) groups is 1. The average Bonchev–Trinajstić information content (AvgIpc) is 2.74. The number of nitrogens with zero attached hydrogens (tertiary/aromatic N) is 2. The summed E-state index contributed by atoms with van der Waals surface area (Å²) in [5.41, 5.74) is 3.68. The molecule has 1 heterocycles. The zero-order chi connectivity index (χ0) is 20.3. The van der Waals surface area contributed by atoms with Gasteiger partial charge in [-0.15, -0.1) is 0 Å². The summed E-state index contributed by atoms with van der Waals surface area (Å²) in [5, 5.41) is 16.3. The van der Waals surface area contributed by atoms with Crippen LogP contribution in [-0.4, -0.2) is 55.4 Å². The molecule has 0 unspecified atom stereocenters. The minimum Gasteiger partial charge on any atom is -0.508 e. The molecule has 3 rings (SSSR count). The summed E-state index contributed by atoms with van der Waals surface area (Å²) < 4.78 is 5.46. The van der Waals surface area contributed by atoms with Crippen LogP contribution in [0.3, 0.4) is 0 Å². The van der Waals surface area contributed by atoms with Crippen molar-refractivity contribution in [3.8, 4) is 5.75 Å². The van der Waals surface area contributed by atoms with Gasteiger partial charge in [0.15, 0.2) is 5.96 Å². The lowest BCUT2D eigenvalue weighted by molar-refractivity contribution is 0.0341. The molecule has 6 nitrogen and oxygen atoms in total. The predicted molar refractivity (Wildman–Crippen MR) is 117 cm³/mol. The molecular formula is C23H32N4O2. The van der Waals surface area contributed by atoms with Gasteiger partial charge in [0.25, 0.3) is 0 Å². The summed E-state index contributed by atoms with van der Waals surface area (Å²) in [7, 11) is 0. The van der Waals surface area contributed by atoms with E-state index in [1.807, 2.05) is 12.1 Å². The van der Waals surface area contributed by atoms with E-state index in [0.717, 1.165) is 63.9 Å². The van der Waals surface area contributed by atoms with Crippen LogP contribution in [0.2, 0.25) is 0 Å². The zero-order valence-corrected chi connectivity index (χ0v) is 17.2. The number of aromatic hydroxyl groups is 1. The Labute approximate surface area is 173 Å². The molecule has 1 saturated heterocycles. The fourth-order valence-corrected chi connectivity index (χ4v) is 3.41. The molecule has 156 valence electrons. The molecule has 1 aliphatic heterocycles. The second-order valence-electron chi connectivity index (χ2n) is 7.20. The molecule has 3 N–H and O–H groups in total. The molecule has 0 aliphatic carbocycles. The number of morpholine rings is 1. The second kappa shape index (κ2) is 11.4. The third-order valence-electron chi connectivity index (χ3n) is 4.98. The summed E-state index contributed by atoms with van der Waals surface area (Å²) in [6.07, 6.45) is 0.826. The summed E-state index contributed by atoms with van der Waals surface area (Å²) in [4.78, 5) is 7.22. The molecule has 0 aromatic heterocycles. The standard InChI is InChI=1S/C23H32N4O2/c1-2-24-23(25-11-10-19-6-5-9-22(28)16-19)26-17-20-7-3-4-8-21(20)18-27-12-14-29-15-13-27/h3-9,16,28H,2,10-15,17-18H2,1H3,(H2,24,25,26). The molecule has 0 radical (unpaired) electrons. The van der Waals surface area contributed by atoms with E-state index in [2.05, 4.69) is 46.7 Å². The van der Waals surface area contributed by atoms with Crippen molar-refractivity contribution in [1.82, 2.24) is 15.5 Å². The lowest BCUT2D eigenvalue weighted by Gasteiger charge is -2.27. The Morgan fingerprint density at radius 2 is 1.86 bits per heavy atom. The minimum absolute atomic E-state index is 0.306. The normalized spacial score (nSPS) is 15.3. The third-order valence-corrected chi connectivity index (χ3v) is 4.98. The average molecular weight is 397 g/mol. The van der Waals surface area contributed by atoms with Gasteiger partial charge in [-0.05, 0) is 42.2 Å². The largest absolute Gasteiger partial charge is 0.508 e. The van der Waals surface area contributed by atoms with E-state index in [-0.39, 0.29) is 0 Å². The van der Waals surface area contributed by atoms with Gasteiger partial charge < -0.3 is 20.5 Å². The van der Waals surface area contributed by atoms with Crippen LogP contribution in [-0.2, 0) is 24.2 Å². The van der Waals surface area contributed by atoms with Gasteiger partial charge in [0.05, 0.1) is 19.8 Å². The first-order valence-electron chi connectivity index (χ1n) is 10.4. The Hall–Kier alpha value is -2.57. The molecule has 2 aromatic carbocycles. The van der Waals surface area contributed by atoms with Gasteiger partial charge in [-0.25, -0.2) is 4.99 Å². The second-order valence-corrected chi connectivity index (χ2v) is 7.20. The fourth-order valence-electron chi connectivity index (χ4n) is 3.41. The number of rotatable bonds is 8. The fraction of sp³-hybridized carbons (Fsp3) is 0.435. The molecule has 0 spiro atoms. The van der Waals surface area contributed by atoms with Gasteiger partial charge >= 0.3 is 0 Å². The Kier molecular flexibility index (Phi) is 8.34. The van der Waals surface area contributed by atoms with E-state index in [0.29, 0.717) is 12.3 Å². The highest BCUT2D eigenvalue weighted by Gasteiger charge is 2.12. The van der Waals surface area contributed by atoms with Crippen molar-refractivity contribution >= 4 is 5.96 Å². The molecule has 6 heteroatoms. The molecule has 29 heavy (non-hydrogen) atoms. The summed E-state index contributed by atoms with van der Waals surface area (Å²) in [6, 6.07) is 15.9. The van der Waals surface area contributed by atoms with Crippen LogP contribution < -0.4 is 10.6 Å². The Bertz CT molecular complexity index is 788. The number of phenols is 1. The highest BCUT2D eigenvalue weighted by Crippen LogP contribution is 2.14. The first-order valence-corrected chi connectivity index (χ1v) is 10.4. The van der Waals surface area contributed by atoms with Crippen LogP contribution in [0, 0.1) is 0 Å². The van der Waals surface area contributed by atoms with Crippen molar-refractivity contribution in [2.75, 3.05) is 39.4 Å². The van der Waals surface area contributed by atoms with Crippen molar-refractivity contribution in [3.05, 3.63) is 65.2 Å². The van der Waals surface area contributed by atoms with Crippen molar-refractivity contribution in [1.29, 1.82) is 0 Å². The highest BCUT2D eigenvalue weighted by molar-refractivity contribution is 5.79. The number of guanidine groups is 1. The van der Waals surface area contributed by atoms with Gasteiger partial charge in [0, 0.05) is 32.7 Å². The number of phenolic OH excluding ortho intramolecular Hbond substituents is 1. The molecule has 0 bridgehead atoms. The summed E-state index contributed by atoms with van der Waals surface area (Å²) >= 11 is 0. The van der Waals surface area contributed by atoms with Crippen molar-refractivity contribution in [3.63, 3.8) is 0 Å². The number of hydrogen-bond acceptors (Lipinski definition) is 4. The maximum atomic E-state index is 9.59. The minimum atomic E-state index is 0.306. The van der Waals surface area contributed by atoms with Gasteiger partial charge in [-0.2, -0.15) is 0 Å². The van der Waals surface area contributed by atoms with E-state index in [4.69, 9.17) is 9.73 Å². The SMILES string of the molecule is CCNC(=NCc1ccccc1CN1CCOCC1)NCCc1cccc(O)c1. The van der Waals surface area contributed by atoms with Crippen LogP contribution in [0.5, 0.6) is 5.75 Å². The van der Waals surface area contributed by atoms with E-state index >= 15 is 0 Å². The summed E-state index contributed by atoms with van der Waals surface area (Å²) in [5.74, 6) is 1.12. The molecular weight excluding hydrogens is 364 g/mol. The van der Waals surface area contributed by atoms with Gasteiger partial charge in [0.2, 0.25) is 0 Å². The summed E-state index contributed by atoms with van der Waals surface area (Å²) in [6.45, 7) is 8.81. The Balaban J connectivity index is 1.57. The maximum Gasteiger partial charge on any atom is 0.191 e. The first kappa shape index (κ1) is 21.1. The van der Waals surface area contributed by atoms with Gasteiger partial charge in [-0.1, -0.05) is 36.4 Å². The first-order chi connectivity index (χ1) is 14.2. The van der Waals surface area contributed by atoms with E-state index in [9.17, 15) is 5.11 Å². The Morgan fingerprint density at radius 3 is 2.62 bits per heavy atom. The monoisotopic (exact) mass is 396 g/mol. The van der Waals surface area contributed by atoms with Gasteiger partial charge in [-0.3, -0.25) is 4.90 Å². The van der Waals surface area contributed by atoms with Crippen LogP contribution >= 0.6 is 0 Å². The molecule has 1 fully saturated rings. The molecule has 0 saturated carbocycles. The highest BCUT2D eigenvalue weighted by atomic mass is 16.5. The van der Waals surface area contributed by atoms with Crippen molar-refractivity contribution < 1.29 is 9.84 Å². The lowest BCUT2D eigenvalue weighted by Crippen LogP contribution is -2.38. The number of ether oxygens (including phenoxy) is 1. The quantitative estimate of drug-likeness (QED) is 0.473. The molecule has 0 atom stereocenters. The van der Waals surface area contributed by atoms with E-state index in [1.54, 1.807) is 12.1 Å². The molecule has 1 aliphatic rings. The van der Waals surface area contributed by atoms with E-state index in [1.165, 1.54) is 11.1 Å². The molecule has 2 aromatic rings. The topological polar surface area (TPSA) is 69.1 Å². The lowest BCUT2D eigenvalue weighted by atomic mass is 10.1. The van der Waals surface area contributed by atoms with Crippen LogP contribution in [0.15, 0.2) is 53.5 Å². The molecule has 0 amide bonds. The maximum absolute atomic E-state index is 9.59. The van der Waals surface area contributed by atoms with Crippen LogP contribution in [0.25, 0.3) is 0 Å². The smallest absolute Gasteiger partial charge is 0.191 e. The number of nitrogens with one attached hydrogen (secondary N) is 2. The third kappa shape index (κ3) is 7.07. The zero-order valence-electron chi connectivity index (χ0n) is 17.2. The van der Waals surface area contributed by atoms with Gasteiger partial charge in [0.1, 0.15) is 5.75 Å². The number of benzene rings is 2. The van der Waals surface area contributed by atoms with Crippen LogP contribution in [0.1, 0.15) is 23.6 Å². The predicted octanol–water partition coefficient (Wildman–Crippen LogP) is 2.52. The number of hydrogen-bond donors (Lipinski definition) is 3. The van der Waals surface area contributed by atoms with Crippen molar-refractivity contribution in [2.45, 2.75) is 26.4 Å². The Morgan fingerprint density at radius 1 is 1.07 bits per heavy atom.